The standard InChI is InChI=1S/C15H18N2O/c1-11-14-5-3-13(17-7-9-18-10-8-17)4-6-15(14)12(2)16-11/h3-6H,7-10H2,1-2H3. The van der Waals surface area contributed by atoms with Crippen LogP contribution in [0.5, 0.6) is 0 Å². The van der Waals surface area contributed by atoms with Gasteiger partial charge in [0.2, 0.25) is 0 Å². The van der Waals surface area contributed by atoms with Gasteiger partial charge in [-0.2, -0.15) is 0 Å². The zero-order valence-corrected chi connectivity index (χ0v) is 10.9. The van der Waals surface area contributed by atoms with E-state index in [1.54, 1.807) is 0 Å². The monoisotopic (exact) mass is 242 g/mol. The fourth-order valence-electron chi connectivity index (χ4n) is 2.61. The van der Waals surface area contributed by atoms with Crippen LogP contribution in [0, 0.1) is 13.8 Å². The van der Waals surface area contributed by atoms with Crippen LogP contribution < -0.4 is 4.90 Å². The predicted molar refractivity (Wildman–Crippen MR) is 73.4 cm³/mol. The van der Waals surface area contributed by atoms with Crippen LogP contribution in [-0.2, 0) is 4.74 Å². The highest BCUT2D eigenvalue weighted by Gasteiger charge is 2.14. The molecule has 0 bridgehead atoms. The molecule has 0 aromatic heterocycles. The van der Waals surface area contributed by atoms with Crippen molar-refractivity contribution in [2.75, 3.05) is 31.2 Å². The van der Waals surface area contributed by atoms with E-state index >= 15 is 0 Å². The fourth-order valence-corrected chi connectivity index (χ4v) is 2.61. The van der Waals surface area contributed by atoms with Gasteiger partial charge < -0.3 is 9.64 Å². The van der Waals surface area contributed by atoms with Gasteiger partial charge in [-0.05, 0) is 26.0 Å². The van der Waals surface area contributed by atoms with E-state index in [0.717, 1.165) is 37.7 Å². The van der Waals surface area contributed by atoms with Crippen LogP contribution in [0.1, 0.15) is 11.4 Å². The van der Waals surface area contributed by atoms with Crippen molar-refractivity contribution >= 4 is 5.69 Å². The number of morpholine rings is 1. The maximum absolute atomic E-state index is 5.39. The first-order valence-corrected chi connectivity index (χ1v) is 6.45. The lowest BCUT2D eigenvalue weighted by molar-refractivity contribution is 0.122. The second kappa shape index (κ2) is 4.58. The molecule has 0 saturated carbocycles. The molecule has 0 unspecified atom stereocenters. The van der Waals surface area contributed by atoms with Gasteiger partial charge >= 0.3 is 0 Å². The molecule has 0 spiro atoms. The van der Waals surface area contributed by atoms with Crippen molar-refractivity contribution in [3.63, 3.8) is 0 Å². The number of nitrogens with zero attached hydrogens (tertiary/aromatic N) is 2. The zero-order chi connectivity index (χ0) is 12.5. The van der Waals surface area contributed by atoms with E-state index in [1.165, 1.54) is 16.8 Å². The average molecular weight is 242 g/mol. The van der Waals surface area contributed by atoms with E-state index in [4.69, 9.17) is 4.74 Å². The quantitative estimate of drug-likeness (QED) is 0.768. The van der Waals surface area contributed by atoms with Crippen molar-refractivity contribution in [3.05, 3.63) is 35.7 Å². The zero-order valence-electron chi connectivity index (χ0n) is 10.9. The summed E-state index contributed by atoms with van der Waals surface area (Å²) in [7, 11) is 0. The van der Waals surface area contributed by atoms with Gasteiger partial charge in [-0.3, -0.25) is 4.98 Å². The first-order chi connectivity index (χ1) is 8.75. The predicted octanol–water partition coefficient (Wildman–Crippen LogP) is 2.64. The van der Waals surface area contributed by atoms with Crippen LogP contribution in [-0.4, -0.2) is 31.3 Å². The summed E-state index contributed by atoms with van der Waals surface area (Å²) >= 11 is 0. The van der Waals surface area contributed by atoms with E-state index in [2.05, 4.69) is 48.0 Å². The van der Waals surface area contributed by atoms with Crippen LogP contribution >= 0.6 is 0 Å². The molecule has 18 heavy (non-hydrogen) atoms. The second-order valence-electron chi connectivity index (χ2n) is 4.80. The topological polar surface area (TPSA) is 25.4 Å². The summed E-state index contributed by atoms with van der Waals surface area (Å²) in [5.74, 6) is 0. The summed E-state index contributed by atoms with van der Waals surface area (Å²) < 4.78 is 5.39. The molecular formula is C15H18N2O. The molecule has 0 N–H and O–H groups in total. The molecule has 3 aliphatic rings. The van der Waals surface area contributed by atoms with Crippen molar-refractivity contribution in [1.29, 1.82) is 0 Å². The number of anilines is 1. The molecule has 0 atom stereocenters. The van der Waals surface area contributed by atoms with Crippen LogP contribution in [0.15, 0.2) is 24.3 Å². The van der Waals surface area contributed by atoms with E-state index < -0.39 is 0 Å². The lowest BCUT2D eigenvalue weighted by Crippen LogP contribution is -2.35. The molecule has 1 aliphatic carbocycles. The first kappa shape index (κ1) is 11.5. The fraction of sp³-hybridized carbons (Fsp3) is 0.400. The Hall–Kier alpha value is -1.61. The molecule has 3 heteroatoms. The van der Waals surface area contributed by atoms with E-state index in [1.807, 2.05) is 0 Å². The molecule has 1 fully saturated rings. The van der Waals surface area contributed by atoms with E-state index in [0.29, 0.717) is 0 Å². The van der Waals surface area contributed by atoms with Gasteiger partial charge in [0.1, 0.15) is 0 Å². The highest BCUT2D eigenvalue weighted by Crippen LogP contribution is 2.29. The number of rotatable bonds is 1. The molecule has 3 rings (SSSR count). The van der Waals surface area contributed by atoms with Gasteiger partial charge in [0.15, 0.2) is 0 Å². The Morgan fingerprint density at radius 1 is 0.944 bits per heavy atom. The Balaban J connectivity index is 2.01. The summed E-state index contributed by atoms with van der Waals surface area (Å²) in [5, 5.41) is 0. The molecular weight excluding hydrogens is 224 g/mol. The summed E-state index contributed by atoms with van der Waals surface area (Å²) in [4.78, 5) is 6.90. The minimum absolute atomic E-state index is 0.823. The molecule has 1 saturated heterocycles. The van der Waals surface area contributed by atoms with Gasteiger partial charge in [0, 0.05) is 41.3 Å². The number of hydrogen-bond donors (Lipinski definition) is 0. The van der Waals surface area contributed by atoms with Crippen molar-refractivity contribution < 1.29 is 4.74 Å². The van der Waals surface area contributed by atoms with E-state index in [-0.39, 0.29) is 0 Å². The Bertz CT molecular complexity index is 496. The maximum atomic E-state index is 5.39. The van der Waals surface area contributed by atoms with Gasteiger partial charge in [0.05, 0.1) is 13.2 Å². The minimum atomic E-state index is 0.823. The molecule has 0 radical (unpaired) electrons. The van der Waals surface area contributed by atoms with Crippen molar-refractivity contribution in [1.82, 2.24) is 4.98 Å². The van der Waals surface area contributed by atoms with Crippen LogP contribution in [0.3, 0.4) is 0 Å². The molecule has 0 aromatic carbocycles. The minimum Gasteiger partial charge on any atom is -0.378 e. The summed E-state index contributed by atoms with van der Waals surface area (Å²) in [6.45, 7) is 7.75. The lowest BCUT2D eigenvalue weighted by atomic mass is 10.1. The molecule has 94 valence electrons. The Morgan fingerprint density at radius 2 is 1.50 bits per heavy atom. The third-order valence-corrected chi connectivity index (χ3v) is 3.62. The number of fused-ring (bicyclic) bond motifs is 1. The molecule has 0 aromatic rings. The number of aromatic nitrogens is 1. The summed E-state index contributed by atoms with van der Waals surface area (Å²) in [5.41, 5.74) is 6.02. The average Bonchev–Trinajstić information content (AvgIpc) is 2.58. The number of hydrogen-bond acceptors (Lipinski definition) is 3. The van der Waals surface area contributed by atoms with Crippen molar-refractivity contribution in [3.8, 4) is 11.1 Å². The first-order valence-electron chi connectivity index (χ1n) is 6.45. The smallest absolute Gasteiger partial charge is 0.0642 e. The molecule has 3 nitrogen and oxygen atoms in total. The summed E-state index contributed by atoms with van der Waals surface area (Å²) in [6.07, 6.45) is 0. The van der Waals surface area contributed by atoms with Gasteiger partial charge in [0.25, 0.3) is 0 Å². The van der Waals surface area contributed by atoms with Crippen molar-refractivity contribution in [2.24, 2.45) is 0 Å². The third-order valence-electron chi connectivity index (χ3n) is 3.62. The van der Waals surface area contributed by atoms with Gasteiger partial charge in [-0.15, -0.1) is 0 Å². The largest absolute Gasteiger partial charge is 0.378 e. The Kier molecular flexibility index (Phi) is 2.92. The highest BCUT2D eigenvalue weighted by atomic mass is 16.5. The van der Waals surface area contributed by atoms with Crippen LogP contribution in [0.4, 0.5) is 5.69 Å². The SMILES string of the molecule is Cc1nc(C)c2ccc(N3CCOCC3)ccc1-2. The van der Waals surface area contributed by atoms with Crippen molar-refractivity contribution in [2.45, 2.75) is 13.8 Å². The second-order valence-corrected chi connectivity index (χ2v) is 4.80. The van der Waals surface area contributed by atoms with Crippen LogP contribution in [0.2, 0.25) is 0 Å². The normalized spacial score (nSPS) is 16.2. The Labute approximate surface area is 108 Å². The highest BCUT2D eigenvalue weighted by molar-refractivity contribution is 5.72. The van der Waals surface area contributed by atoms with Gasteiger partial charge in [-0.1, -0.05) is 12.1 Å². The van der Waals surface area contributed by atoms with Gasteiger partial charge in [-0.25, -0.2) is 0 Å². The molecule has 2 heterocycles. The molecule has 0 amide bonds. The Morgan fingerprint density at radius 3 is 2.06 bits per heavy atom. The maximum Gasteiger partial charge on any atom is 0.0642 e. The number of ether oxygens (including phenoxy) is 1. The van der Waals surface area contributed by atoms with E-state index in [9.17, 15) is 0 Å². The lowest BCUT2D eigenvalue weighted by Gasteiger charge is -2.28. The third kappa shape index (κ3) is 1.95. The molecule has 2 aliphatic heterocycles. The number of aryl methyl sites for hydroxylation is 2. The summed E-state index contributed by atoms with van der Waals surface area (Å²) in [6, 6.07) is 8.77. The van der Waals surface area contributed by atoms with Crippen LogP contribution in [0.25, 0.3) is 11.1 Å².